The Morgan fingerprint density at radius 2 is 2.09 bits per heavy atom. The molecule has 0 aromatic carbocycles. The van der Waals surface area contributed by atoms with Gasteiger partial charge in [-0.15, -0.1) is 5.38 Å². The van der Waals surface area contributed by atoms with Gasteiger partial charge >= 0.3 is 21.1 Å². The molecule has 11 heavy (non-hydrogen) atoms. The third-order valence-electron chi connectivity index (χ3n) is 0.716. The molecule has 0 saturated heterocycles. The van der Waals surface area contributed by atoms with E-state index < -0.39 is 10.1 Å². The summed E-state index contributed by atoms with van der Waals surface area (Å²) in [4.78, 5) is -0.271. The van der Waals surface area contributed by atoms with Crippen LogP contribution >= 0.6 is 11.3 Å². The van der Waals surface area contributed by atoms with E-state index in [0.29, 0.717) is 0 Å². The zero-order valence-corrected chi connectivity index (χ0v) is 10.2. The quantitative estimate of drug-likeness (QED) is 0.552. The molecular weight excluding hydrogens is 356 g/mol. The standard InChI is InChI=1S/C4H3O3S2.CH3.W/c5-9(6,7)4-1-2-8-3-4;;/h1-2H,(H,5,6,7);1H3;/q2*-1;+2/p-1. The Balaban J connectivity index is 0. The van der Waals surface area contributed by atoms with Crippen molar-refractivity contribution in [1.29, 1.82) is 0 Å². The van der Waals surface area contributed by atoms with E-state index in [2.05, 4.69) is 5.38 Å². The summed E-state index contributed by atoms with van der Waals surface area (Å²) in [7, 11) is -4.25. The third kappa shape index (κ3) is 4.01. The number of hydrogen-bond donors (Lipinski definition) is 0. The Kier molecular flexibility index (Phi) is 6.34. The molecule has 62 valence electrons. The minimum absolute atomic E-state index is 0. The minimum atomic E-state index is -4.25. The Hall–Kier alpha value is 0.298. The van der Waals surface area contributed by atoms with Crippen LogP contribution in [0, 0.1) is 12.8 Å². The van der Waals surface area contributed by atoms with Gasteiger partial charge in [0.1, 0.15) is 10.1 Å². The first kappa shape index (κ1) is 13.9. The number of thiophene rings is 1. The van der Waals surface area contributed by atoms with Crippen molar-refractivity contribution in [3.8, 4) is 0 Å². The van der Waals surface area contributed by atoms with Gasteiger partial charge in [-0.1, -0.05) is 4.90 Å². The van der Waals surface area contributed by atoms with Crippen LogP contribution < -0.4 is 0 Å². The Bertz CT molecular complexity index is 277. The first-order chi connectivity index (χ1) is 4.11. The van der Waals surface area contributed by atoms with E-state index in [1.807, 2.05) is 0 Å². The first-order valence-electron chi connectivity index (χ1n) is 2.02. The van der Waals surface area contributed by atoms with Crippen LogP contribution in [0.4, 0.5) is 0 Å². The van der Waals surface area contributed by atoms with Gasteiger partial charge in [-0.3, -0.25) is 0 Å². The van der Waals surface area contributed by atoms with Crippen LogP contribution in [0.15, 0.2) is 16.3 Å². The van der Waals surface area contributed by atoms with Crippen molar-refractivity contribution >= 4 is 21.5 Å². The molecule has 0 aliphatic heterocycles. The van der Waals surface area contributed by atoms with Crippen molar-refractivity contribution in [2.45, 2.75) is 4.90 Å². The van der Waals surface area contributed by atoms with E-state index in [9.17, 15) is 13.0 Å². The molecule has 0 saturated carbocycles. The first-order valence-corrected chi connectivity index (χ1v) is 4.30. The van der Waals surface area contributed by atoms with Crippen molar-refractivity contribution < 1.29 is 34.0 Å². The van der Waals surface area contributed by atoms with Crippen molar-refractivity contribution in [2.24, 2.45) is 0 Å². The molecule has 0 atom stereocenters. The maximum Gasteiger partial charge on any atom is 2.00 e. The van der Waals surface area contributed by atoms with Crippen LogP contribution in [0.2, 0.25) is 0 Å². The molecule has 3 nitrogen and oxygen atoms in total. The van der Waals surface area contributed by atoms with Crippen molar-refractivity contribution in [2.75, 3.05) is 0 Å². The molecule has 0 aliphatic rings. The van der Waals surface area contributed by atoms with Crippen LogP contribution in [-0.4, -0.2) is 13.0 Å². The van der Waals surface area contributed by atoms with Gasteiger partial charge in [0.15, 0.2) is 0 Å². The third-order valence-corrected chi connectivity index (χ3v) is 2.23. The maximum absolute atomic E-state index is 10.1. The van der Waals surface area contributed by atoms with Crippen molar-refractivity contribution in [1.82, 2.24) is 0 Å². The molecular formula is C5H5O3S2W-. The molecule has 0 radical (unpaired) electrons. The molecule has 1 aromatic rings. The van der Waals surface area contributed by atoms with Gasteiger partial charge in [0.25, 0.3) is 0 Å². The van der Waals surface area contributed by atoms with Gasteiger partial charge < -0.3 is 23.3 Å². The summed E-state index contributed by atoms with van der Waals surface area (Å²) in [5, 5.41) is 3.81. The Labute approximate surface area is 84.5 Å². The predicted molar refractivity (Wildman–Crippen MR) is 37.5 cm³/mol. The van der Waals surface area contributed by atoms with E-state index >= 15 is 0 Å². The zero-order valence-electron chi connectivity index (χ0n) is 5.60. The summed E-state index contributed by atoms with van der Waals surface area (Å²) >= 11 is 1.06. The maximum atomic E-state index is 10.1. The van der Waals surface area contributed by atoms with Crippen molar-refractivity contribution in [3.05, 3.63) is 24.3 Å². The average molecular weight is 361 g/mol. The summed E-state index contributed by atoms with van der Waals surface area (Å²) in [6.45, 7) is 0. The molecule has 0 aliphatic carbocycles. The van der Waals surface area contributed by atoms with E-state index in [1.165, 1.54) is 11.4 Å². The van der Waals surface area contributed by atoms with Crippen LogP contribution in [0.25, 0.3) is 0 Å². The van der Waals surface area contributed by atoms with E-state index in [1.54, 1.807) is 0 Å². The molecule has 0 amide bonds. The second-order valence-corrected chi connectivity index (χ2v) is 3.40. The molecule has 1 aromatic heterocycles. The molecule has 0 bridgehead atoms. The van der Waals surface area contributed by atoms with Gasteiger partial charge in [0, 0.05) is 0 Å². The summed E-state index contributed by atoms with van der Waals surface area (Å²) < 4.78 is 30.3. The fraction of sp³-hybridized carbons (Fsp3) is 0. The summed E-state index contributed by atoms with van der Waals surface area (Å²) in [5.74, 6) is 0. The molecule has 1 rings (SSSR count). The van der Waals surface area contributed by atoms with Crippen LogP contribution in [0.1, 0.15) is 0 Å². The fourth-order valence-corrected chi connectivity index (χ4v) is 1.69. The van der Waals surface area contributed by atoms with E-state index in [-0.39, 0.29) is 33.4 Å². The van der Waals surface area contributed by atoms with Gasteiger partial charge in [-0.05, 0) is 0 Å². The second kappa shape index (κ2) is 5.03. The molecule has 0 N–H and O–H groups in total. The van der Waals surface area contributed by atoms with Gasteiger partial charge in [0.2, 0.25) is 0 Å². The second-order valence-electron chi connectivity index (χ2n) is 1.34. The zero-order chi connectivity index (χ0) is 6.91. The normalized spacial score (nSPS) is 9.55. The molecule has 0 spiro atoms. The molecule has 1 heterocycles. The minimum Gasteiger partial charge on any atom is -0.746 e. The topological polar surface area (TPSA) is 57.2 Å². The van der Waals surface area contributed by atoms with Crippen LogP contribution in [-0.2, 0) is 31.2 Å². The smallest absolute Gasteiger partial charge is 0.746 e. The summed E-state index contributed by atoms with van der Waals surface area (Å²) in [6.07, 6.45) is 0. The van der Waals surface area contributed by atoms with Gasteiger partial charge in [0.05, 0.1) is 0 Å². The fourth-order valence-electron chi connectivity index (χ4n) is 0.356. The van der Waals surface area contributed by atoms with E-state index in [0.717, 1.165) is 11.3 Å². The number of rotatable bonds is 1. The van der Waals surface area contributed by atoms with Crippen molar-refractivity contribution in [3.63, 3.8) is 0 Å². The SMILES string of the molecule is O=S(=O)([O-])c1[c-]scc1.[CH3-].[W+2]. The monoisotopic (exact) mass is 361 g/mol. The van der Waals surface area contributed by atoms with Gasteiger partial charge in [-0.2, -0.15) is 11.4 Å². The molecule has 0 fully saturated rings. The van der Waals surface area contributed by atoms with Gasteiger partial charge in [-0.25, -0.2) is 8.42 Å². The largest absolute Gasteiger partial charge is 2.00 e. The predicted octanol–water partition coefficient (Wildman–Crippen LogP) is 0.900. The summed E-state index contributed by atoms with van der Waals surface area (Å²) in [6, 6.07) is 1.23. The molecule has 6 heteroatoms. The Morgan fingerprint density at radius 3 is 2.27 bits per heavy atom. The summed E-state index contributed by atoms with van der Waals surface area (Å²) in [5.41, 5.74) is 0. The van der Waals surface area contributed by atoms with Crippen LogP contribution in [0.3, 0.4) is 0 Å². The molecule has 0 unspecified atom stereocenters. The average Bonchev–Trinajstić information content (AvgIpc) is 2.08. The number of hydrogen-bond acceptors (Lipinski definition) is 4. The Morgan fingerprint density at radius 1 is 1.55 bits per heavy atom. The van der Waals surface area contributed by atoms with E-state index in [4.69, 9.17) is 0 Å². The van der Waals surface area contributed by atoms with Crippen LogP contribution in [0.5, 0.6) is 0 Å².